The van der Waals surface area contributed by atoms with Crippen molar-refractivity contribution in [2.24, 2.45) is 17.1 Å². The van der Waals surface area contributed by atoms with Gasteiger partial charge in [-0.3, -0.25) is 9.48 Å². The van der Waals surface area contributed by atoms with Gasteiger partial charge in [0.2, 0.25) is 5.91 Å². The first-order valence-corrected chi connectivity index (χ1v) is 8.27. The first kappa shape index (κ1) is 15.5. The Morgan fingerprint density at radius 1 is 1.41 bits per heavy atom. The number of likely N-dealkylation sites (tertiary alicyclic amines) is 1. The molecule has 2 fully saturated rings. The van der Waals surface area contributed by atoms with Gasteiger partial charge in [-0.25, -0.2) is 0 Å². The summed E-state index contributed by atoms with van der Waals surface area (Å²) in [6, 6.07) is 0. The Bertz CT molecular complexity index is 547. The lowest BCUT2D eigenvalue weighted by Crippen LogP contribution is -2.42. The van der Waals surface area contributed by atoms with E-state index in [0.717, 1.165) is 51.0 Å². The minimum atomic E-state index is -0.451. The van der Waals surface area contributed by atoms with E-state index in [1.807, 2.05) is 24.7 Å². The third-order valence-electron chi connectivity index (χ3n) is 5.06. The second-order valence-electron chi connectivity index (χ2n) is 7.84. The van der Waals surface area contributed by atoms with Gasteiger partial charge >= 0.3 is 0 Å². The molecule has 3 rings (SSSR count). The smallest absolute Gasteiger partial charge is 0.228 e. The molecule has 1 aliphatic carbocycles. The van der Waals surface area contributed by atoms with Gasteiger partial charge in [-0.15, -0.1) is 5.10 Å². The number of amides is 1. The number of hydrogen-bond acceptors (Lipinski definition) is 4. The lowest BCUT2D eigenvalue weighted by Gasteiger charge is -2.33. The van der Waals surface area contributed by atoms with E-state index in [1.54, 1.807) is 0 Å². The highest BCUT2D eigenvalue weighted by Crippen LogP contribution is 2.46. The normalized spacial score (nSPS) is 21.9. The zero-order valence-corrected chi connectivity index (χ0v) is 13.9. The van der Waals surface area contributed by atoms with E-state index < -0.39 is 5.54 Å². The van der Waals surface area contributed by atoms with Crippen LogP contribution in [0.1, 0.15) is 52.1 Å². The molecule has 22 heavy (non-hydrogen) atoms. The average molecular weight is 305 g/mol. The van der Waals surface area contributed by atoms with E-state index >= 15 is 0 Å². The summed E-state index contributed by atoms with van der Waals surface area (Å²) in [6.07, 6.45) is 6.15. The minimum absolute atomic E-state index is 0.0413. The predicted molar refractivity (Wildman–Crippen MR) is 83.9 cm³/mol. The first-order valence-electron chi connectivity index (χ1n) is 8.27. The molecule has 2 aliphatic rings. The van der Waals surface area contributed by atoms with Crippen molar-refractivity contribution in [2.45, 2.75) is 58.5 Å². The fourth-order valence-corrected chi connectivity index (χ4v) is 3.05. The van der Waals surface area contributed by atoms with Crippen molar-refractivity contribution in [2.75, 3.05) is 13.1 Å². The van der Waals surface area contributed by atoms with Crippen LogP contribution in [0.15, 0.2) is 6.20 Å². The van der Waals surface area contributed by atoms with Crippen molar-refractivity contribution >= 4 is 5.91 Å². The topological polar surface area (TPSA) is 77.0 Å². The van der Waals surface area contributed by atoms with Gasteiger partial charge in [-0.05, 0) is 45.4 Å². The summed E-state index contributed by atoms with van der Waals surface area (Å²) in [7, 11) is 0. The Labute approximate surface area is 132 Å². The van der Waals surface area contributed by atoms with Crippen LogP contribution in [0.5, 0.6) is 0 Å². The molecular formula is C16H27N5O. The van der Waals surface area contributed by atoms with E-state index in [4.69, 9.17) is 5.73 Å². The lowest BCUT2D eigenvalue weighted by atomic mass is 9.95. The molecular weight excluding hydrogens is 278 g/mol. The molecule has 0 atom stereocenters. The van der Waals surface area contributed by atoms with Gasteiger partial charge in [0.15, 0.2) is 0 Å². The number of piperidine rings is 1. The molecule has 1 saturated heterocycles. The highest BCUT2D eigenvalue weighted by atomic mass is 16.2. The maximum absolute atomic E-state index is 12.3. The van der Waals surface area contributed by atoms with Crippen molar-refractivity contribution in [3.05, 3.63) is 11.9 Å². The molecule has 122 valence electrons. The number of nitrogens with two attached hydrogens (primary N) is 1. The van der Waals surface area contributed by atoms with Crippen molar-refractivity contribution in [3.63, 3.8) is 0 Å². The van der Waals surface area contributed by atoms with Gasteiger partial charge in [0.1, 0.15) is 5.69 Å². The van der Waals surface area contributed by atoms with Crippen LogP contribution in [0.2, 0.25) is 0 Å². The van der Waals surface area contributed by atoms with Crippen LogP contribution in [0.4, 0.5) is 0 Å². The number of hydrogen-bond donors (Lipinski definition) is 1. The summed E-state index contributed by atoms with van der Waals surface area (Å²) in [5.74, 6) is 0.922. The molecule has 0 radical (unpaired) electrons. The van der Waals surface area contributed by atoms with Crippen LogP contribution in [-0.4, -0.2) is 38.9 Å². The van der Waals surface area contributed by atoms with Crippen molar-refractivity contribution in [1.82, 2.24) is 19.9 Å². The number of rotatable bonds is 4. The highest BCUT2D eigenvalue weighted by Gasteiger charge is 2.47. The Morgan fingerprint density at radius 3 is 2.55 bits per heavy atom. The molecule has 2 heterocycles. The molecule has 1 saturated carbocycles. The summed E-state index contributed by atoms with van der Waals surface area (Å²) in [5, 5.41) is 8.35. The molecule has 1 aromatic heterocycles. The van der Waals surface area contributed by atoms with Crippen molar-refractivity contribution in [1.29, 1.82) is 0 Å². The fourth-order valence-electron chi connectivity index (χ4n) is 3.05. The molecule has 1 amide bonds. The molecule has 0 unspecified atom stereocenters. The first-order chi connectivity index (χ1) is 10.3. The molecule has 1 aliphatic heterocycles. The zero-order chi connectivity index (χ0) is 16.0. The van der Waals surface area contributed by atoms with E-state index in [-0.39, 0.29) is 5.41 Å². The van der Waals surface area contributed by atoms with E-state index in [9.17, 15) is 4.79 Å². The third kappa shape index (κ3) is 3.16. The molecule has 1 aromatic rings. The number of nitrogens with zero attached hydrogens (tertiary/aromatic N) is 4. The average Bonchev–Trinajstić information content (AvgIpc) is 3.02. The summed E-state index contributed by atoms with van der Waals surface area (Å²) < 4.78 is 1.90. The number of carbonyl (C=O) groups excluding carboxylic acids is 1. The number of carbonyl (C=O) groups is 1. The van der Waals surface area contributed by atoms with Crippen molar-refractivity contribution in [3.8, 4) is 0 Å². The van der Waals surface area contributed by atoms with Crippen LogP contribution < -0.4 is 5.73 Å². The van der Waals surface area contributed by atoms with Crippen LogP contribution in [0.25, 0.3) is 0 Å². The van der Waals surface area contributed by atoms with Crippen LogP contribution in [0, 0.1) is 11.3 Å². The van der Waals surface area contributed by atoms with Crippen LogP contribution in [-0.2, 0) is 16.9 Å². The Hall–Kier alpha value is -1.43. The largest absolute Gasteiger partial charge is 0.342 e. The van der Waals surface area contributed by atoms with Gasteiger partial charge < -0.3 is 10.6 Å². The zero-order valence-electron chi connectivity index (χ0n) is 13.9. The molecule has 0 spiro atoms. The molecule has 6 nitrogen and oxygen atoms in total. The van der Waals surface area contributed by atoms with Crippen molar-refractivity contribution < 1.29 is 4.79 Å². The highest BCUT2D eigenvalue weighted by molar-refractivity contribution is 5.84. The third-order valence-corrected chi connectivity index (χ3v) is 5.06. The van der Waals surface area contributed by atoms with Gasteiger partial charge in [-0.2, -0.15) is 0 Å². The number of aromatic nitrogens is 3. The SMILES string of the molecule is CC1(C(=O)N2CCC(Cn3cc(C(C)(C)N)nn3)CC2)CC1. The Morgan fingerprint density at radius 2 is 2.05 bits per heavy atom. The standard InChI is InChI=1S/C16H27N5O/c1-15(2,17)13-11-21(19-18-13)10-12-4-8-20(9-5-12)14(22)16(3)6-7-16/h11-12H,4-10,17H2,1-3H3. The Kier molecular flexibility index (Phi) is 3.75. The van der Waals surface area contributed by atoms with E-state index in [0.29, 0.717) is 11.8 Å². The summed E-state index contributed by atoms with van der Waals surface area (Å²) in [6.45, 7) is 8.58. The van der Waals surface area contributed by atoms with Gasteiger partial charge in [0.25, 0.3) is 0 Å². The monoisotopic (exact) mass is 305 g/mol. The second kappa shape index (κ2) is 5.33. The van der Waals surface area contributed by atoms with E-state index in [2.05, 4.69) is 22.1 Å². The van der Waals surface area contributed by atoms with E-state index in [1.165, 1.54) is 0 Å². The second-order valence-corrected chi connectivity index (χ2v) is 7.84. The minimum Gasteiger partial charge on any atom is -0.342 e. The maximum atomic E-state index is 12.3. The summed E-state index contributed by atoms with van der Waals surface area (Å²) >= 11 is 0. The molecule has 0 bridgehead atoms. The van der Waals surface area contributed by atoms with Crippen LogP contribution >= 0.6 is 0 Å². The molecule has 0 aromatic carbocycles. The van der Waals surface area contributed by atoms with Gasteiger partial charge in [0, 0.05) is 25.0 Å². The lowest BCUT2D eigenvalue weighted by molar-refractivity contribution is -0.137. The van der Waals surface area contributed by atoms with Crippen LogP contribution in [0.3, 0.4) is 0 Å². The van der Waals surface area contributed by atoms with Gasteiger partial charge in [-0.1, -0.05) is 12.1 Å². The molecule has 2 N–H and O–H groups in total. The maximum Gasteiger partial charge on any atom is 0.228 e. The van der Waals surface area contributed by atoms with Gasteiger partial charge in [0.05, 0.1) is 11.7 Å². The summed E-state index contributed by atoms with van der Waals surface area (Å²) in [5.41, 5.74) is 6.37. The summed E-state index contributed by atoms with van der Waals surface area (Å²) in [4.78, 5) is 14.4. The molecule has 6 heteroatoms. The predicted octanol–water partition coefficient (Wildman–Crippen LogP) is 1.51. The fraction of sp³-hybridized carbons (Fsp3) is 0.812. The Balaban J connectivity index is 1.52. The quantitative estimate of drug-likeness (QED) is 0.914.